The van der Waals surface area contributed by atoms with Crippen LogP contribution in [0.4, 0.5) is 4.39 Å². The Bertz CT molecular complexity index is 1020. The van der Waals surface area contributed by atoms with E-state index in [2.05, 4.69) is 15.0 Å². The molecule has 0 fully saturated rings. The van der Waals surface area contributed by atoms with Gasteiger partial charge < -0.3 is 10.2 Å². The molecule has 1 aliphatic heterocycles. The van der Waals surface area contributed by atoms with Gasteiger partial charge in [-0.3, -0.25) is 14.7 Å². The maximum Gasteiger partial charge on any atom is 0.267 e. The smallest absolute Gasteiger partial charge is 0.267 e. The summed E-state index contributed by atoms with van der Waals surface area (Å²) in [6, 6.07) is 10.4. The van der Waals surface area contributed by atoms with E-state index >= 15 is 0 Å². The predicted octanol–water partition coefficient (Wildman–Crippen LogP) is 2.24. The lowest BCUT2D eigenvalue weighted by atomic mass is 9.85. The normalized spacial score (nSPS) is 19.4. The summed E-state index contributed by atoms with van der Waals surface area (Å²) < 4.78 is 18.2. The molecule has 0 aliphatic carbocycles. The van der Waals surface area contributed by atoms with Crippen LogP contribution >= 0.6 is 0 Å². The number of carbonyl (C=O) groups excluding carboxylic acids is 1. The van der Waals surface area contributed by atoms with Crippen molar-refractivity contribution in [3.63, 3.8) is 0 Å². The lowest BCUT2D eigenvalue weighted by Gasteiger charge is -2.25. The van der Waals surface area contributed by atoms with Crippen LogP contribution < -0.4 is 5.73 Å². The Labute approximate surface area is 154 Å². The number of hydrogen-bond acceptors (Lipinski definition) is 6. The number of aliphatic imine (C=N–C) groups is 1. The van der Waals surface area contributed by atoms with Gasteiger partial charge in [-0.15, -0.1) is 0 Å². The highest BCUT2D eigenvalue weighted by Gasteiger charge is 2.50. The molecule has 2 N–H and O–H groups in total. The van der Waals surface area contributed by atoms with Crippen molar-refractivity contribution < 1.29 is 13.6 Å². The van der Waals surface area contributed by atoms with E-state index in [1.165, 1.54) is 17.5 Å². The van der Waals surface area contributed by atoms with Crippen LogP contribution in [0.25, 0.3) is 11.3 Å². The molecule has 3 heterocycles. The summed E-state index contributed by atoms with van der Waals surface area (Å²) in [5.41, 5.74) is 6.60. The molecule has 1 aliphatic rings. The van der Waals surface area contributed by atoms with E-state index < -0.39 is 12.2 Å². The summed E-state index contributed by atoms with van der Waals surface area (Å²) in [6.45, 7) is -0.638. The first-order valence-electron chi connectivity index (χ1n) is 8.20. The molecule has 3 aromatic rings. The number of alkyl halides is 1. The fraction of sp³-hybridized carbons (Fsp3) is 0.158. The van der Waals surface area contributed by atoms with Crippen LogP contribution in [0.3, 0.4) is 0 Å². The minimum Gasteiger partial charge on any atom is -0.444 e. The lowest BCUT2D eigenvalue weighted by molar-refractivity contribution is -0.129. The van der Waals surface area contributed by atoms with Gasteiger partial charge in [0.15, 0.2) is 18.1 Å². The van der Waals surface area contributed by atoms with E-state index in [9.17, 15) is 9.18 Å². The minimum atomic E-state index is -1.44. The fourth-order valence-corrected chi connectivity index (χ4v) is 3.12. The molecule has 27 heavy (non-hydrogen) atoms. The first kappa shape index (κ1) is 16.9. The molecule has 136 valence electrons. The number of benzene rings is 1. The molecule has 1 atom stereocenters. The molecule has 1 amide bonds. The number of guanidine groups is 1. The van der Waals surface area contributed by atoms with Gasteiger partial charge >= 0.3 is 0 Å². The zero-order chi connectivity index (χ0) is 19.0. The number of hydrogen-bond donors (Lipinski definition) is 1. The Kier molecular flexibility index (Phi) is 3.95. The second-order valence-electron chi connectivity index (χ2n) is 6.18. The van der Waals surface area contributed by atoms with Crippen molar-refractivity contribution in [2.75, 3.05) is 7.05 Å². The number of carbonyl (C=O) groups is 1. The summed E-state index contributed by atoms with van der Waals surface area (Å²) in [5, 5.41) is 0. The van der Waals surface area contributed by atoms with Crippen molar-refractivity contribution in [3.05, 3.63) is 72.0 Å². The average Bonchev–Trinajstić information content (AvgIpc) is 3.32. The van der Waals surface area contributed by atoms with Gasteiger partial charge in [-0.1, -0.05) is 24.3 Å². The molecule has 0 spiro atoms. The maximum absolute atomic E-state index is 13.2. The summed E-state index contributed by atoms with van der Waals surface area (Å²) in [7, 11) is 1.55. The topological polar surface area (TPSA) is 97.6 Å². The van der Waals surface area contributed by atoms with Gasteiger partial charge in [0.25, 0.3) is 5.91 Å². The Balaban J connectivity index is 1.92. The standard InChI is InChI=1S/C19H16FN5O2/c1-25-17(26)19(24-18(25)21,16-6-5-12(8-20)9-23-16)14-4-2-3-13(7-14)15-10-22-11-27-15/h2-7,9-11H,8H2,1H3,(H2,21,24). The second kappa shape index (κ2) is 6.31. The van der Waals surface area contributed by atoms with Gasteiger partial charge in [-0.05, 0) is 17.7 Å². The highest BCUT2D eigenvalue weighted by molar-refractivity contribution is 6.08. The van der Waals surface area contributed by atoms with Crippen LogP contribution in [-0.2, 0) is 17.0 Å². The van der Waals surface area contributed by atoms with Crippen LogP contribution in [0.15, 0.2) is 64.6 Å². The minimum absolute atomic E-state index is 0.0847. The molecule has 0 saturated heterocycles. The van der Waals surface area contributed by atoms with E-state index in [1.54, 1.807) is 43.6 Å². The third-order valence-corrected chi connectivity index (χ3v) is 4.59. The molecular formula is C19H16FN5O2. The van der Waals surface area contributed by atoms with Gasteiger partial charge in [0.1, 0.15) is 6.67 Å². The number of pyridine rings is 1. The molecular weight excluding hydrogens is 349 g/mol. The number of nitrogens with zero attached hydrogens (tertiary/aromatic N) is 4. The van der Waals surface area contributed by atoms with Crippen molar-refractivity contribution in [2.45, 2.75) is 12.2 Å². The summed E-state index contributed by atoms with van der Waals surface area (Å²) in [5.74, 6) is 0.306. The first-order chi connectivity index (χ1) is 13.1. The summed E-state index contributed by atoms with van der Waals surface area (Å²) in [4.78, 5) is 27.2. The molecule has 1 unspecified atom stereocenters. The second-order valence-corrected chi connectivity index (χ2v) is 6.18. The van der Waals surface area contributed by atoms with Crippen molar-refractivity contribution >= 4 is 11.9 Å². The van der Waals surface area contributed by atoms with Crippen molar-refractivity contribution in [3.8, 4) is 11.3 Å². The van der Waals surface area contributed by atoms with Crippen molar-refractivity contribution in [1.82, 2.24) is 14.9 Å². The largest absolute Gasteiger partial charge is 0.444 e. The fourth-order valence-electron chi connectivity index (χ4n) is 3.12. The van der Waals surface area contributed by atoms with E-state index in [1.807, 2.05) is 6.07 Å². The SMILES string of the molecule is CN1C(=O)C(c2cccc(-c3cnco3)c2)(c2ccc(CF)cn2)N=C1N. The lowest BCUT2D eigenvalue weighted by Crippen LogP contribution is -2.41. The Hall–Kier alpha value is -3.55. The predicted molar refractivity (Wildman–Crippen MR) is 96.2 cm³/mol. The Morgan fingerprint density at radius 3 is 2.70 bits per heavy atom. The molecule has 4 rings (SSSR count). The Morgan fingerprint density at radius 1 is 1.26 bits per heavy atom. The number of halogens is 1. The highest BCUT2D eigenvalue weighted by Crippen LogP contribution is 2.39. The van der Waals surface area contributed by atoms with Gasteiger partial charge in [0.05, 0.1) is 11.9 Å². The molecule has 0 bridgehead atoms. The van der Waals surface area contributed by atoms with Gasteiger partial charge in [-0.25, -0.2) is 14.4 Å². The number of amides is 1. The van der Waals surface area contributed by atoms with E-state index in [4.69, 9.17) is 10.2 Å². The van der Waals surface area contributed by atoms with Crippen LogP contribution in [0.2, 0.25) is 0 Å². The third kappa shape index (κ3) is 2.57. The maximum atomic E-state index is 13.2. The van der Waals surface area contributed by atoms with Crippen molar-refractivity contribution in [1.29, 1.82) is 0 Å². The summed E-state index contributed by atoms with van der Waals surface area (Å²) >= 11 is 0. The van der Waals surface area contributed by atoms with E-state index in [0.29, 0.717) is 22.6 Å². The molecule has 1 aromatic carbocycles. The average molecular weight is 365 g/mol. The first-order valence-corrected chi connectivity index (χ1v) is 8.20. The number of rotatable bonds is 4. The van der Waals surface area contributed by atoms with Crippen molar-refractivity contribution in [2.24, 2.45) is 10.7 Å². The molecule has 0 saturated carbocycles. The van der Waals surface area contributed by atoms with E-state index in [-0.39, 0.29) is 11.9 Å². The number of nitrogens with two attached hydrogens (primary N) is 1. The molecule has 0 radical (unpaired) electrons. The monoisotopic (exact) mass is 365 g/mol. The molecule has 7 nitrogen and oxygen atoms in total. The van der Waals surface area contributed by atoms with Gasteiger partial charge in [0, 0.05) is 24.4 Å². The third-order valence-electron chi connectivity index (χ3n) is 4.59. The summed E-state index contributed by atoms with van der Waals surface area (Å²) in [6.07, 6.45) is 4.31. The number of aromatic nitrogens is 2. The highest BCUT2D eigenvalue weighted by atomic mass is 19.1. The van der Waals surface area contributed by atoms with Crippen LogP contribution in [0.1, 0.15) is 16.8 Å². The van der Waals surface area contributed by atoms with Crippen LogP contribution in [-0.4, -0.2) is 33.8 Å². The van der Waals surface area contributed by atoms with Crippen LogP contribution in [0, 0.1) is 0 Å². The Morgan fingerprint density at radius 2 is 2.11 bits per heavy atom. The zero-order valence-electron chi connectivity index (χ0n) is 14.5. The molecule has 2 aromatic heterocycles. The quantitative estimate of drug-likeness (QED) is 0.765. The zero-order valence-corrected chi connectivity index (χ0v) is 14.5. The number of likely N-dealkylation sites (N-methyl/N-ethyl adjacent to an activating group) is 1. The molecule has 8 heteroatoms. The van der Waals surface area contributed by atoms with Crippen LogP contribution in [0.5, 0.6) is 0 Å². The van der Waals surface area contributed by atoms with E-state index in [0.717, 1.165) is 5.56 Å². The van der Waals surface area contributed by atoms with Gasteiger partial charge in [0.2, 0.25) is 5.54 Å². The number of oxazole rings is 1. The van der Waals surface area contributed by atoms with Gasteiger partial charge in [-0.2, -0.15) is 0 Å².